The number of hydrogen-bond donors (Lipinski definition) is 0. The molecule has 23 heavy (non-hydrogen) atoms. The Hall–Kier alpha value is -1.08. The van der Waals surface area contributed by atoms with Crippen molar-refractivity contribution in [3.63, 3.8) is 0 Å². The van der Waals surface area contributed by atoms with Crippen LogP contribution in [0.5, 0.6) is 0 Å². The molecule has 0 unspecified atom stereocenters. The topological polar surface area (TPSA) is 3.24 Å². The lowest BCUT2D eigenvalue weighted by molar-refractivity contribution is 0.795. The van der Waals surface area contributed by atoms with Crippen molar-refractivity contribution in [1.29, 1.82) is 0 Å². The maximum absolute atomic E-state index is 2.44. The van der Waals surface area contributed by atoms with Crippen LogP contribution in [0.15, 0.2) is 78.9 Å². The lowest BCUT2D eigenvalue weighted by Gasteiger charge is -2.26. The maximum atomic E-state index is 2.44. The van der Waals surface area contributed by atoms with E-state index in [-0.39, 0.29) is 0 Å². The zero-order valence-electron chi connectivity index (χ0n) is 12.6. The van der Waals surface area contributed by atoms with E-state index in [1.165, 1.54) is 24.0 Å². The zero-order valence-corrected chi connectivity index (χ0v) is 16.9. The minimum Gasteiger partial charge on any atom is -0.363 e. The predicted molar refractivity (Wildman–Crippen MR) is 115 cm³/mol. The normalized spacial score (nSPS) is 10.5. The van der Waals surface area contributed by atoms with Gasteiger partial charge in [-0.3, -0.25) is 0 Å². The molecule has 0 saturated heterocycles. The molecule has 0 N–H and O–H groups in total. The third kappa shape index (κ3) is 4.47. The highest BCUT2D eigenvalue weighted by molar-refractivity contribution is 14.1. The van der Waals surface area contributed by atoms with Gasteiger partial charge in [0.1, 0.15) is 0 Å². The Morgan fingerprint density at radius 3 is 1.48 bits per heavy atom. The number of benzene rings is 3. The van der Waals surface area contributed by atoms with Gasteiger partial charge in [-0.05, 0) is 80.6 Å². The summed E-state index contributed by atoms with van der Waals surface area (Å²) in [6.07, 6.45) is 0. The van der Waals surface area contributed by atoms with E-state index in [1.54, 1.807) is 0 Å². The Balaban J connectivity index is 1.91. The summed E-state index contributed by atoms with van der Waals surface area (Å²) in [7, 11) is 0. The molecule has 0 fully saturated rings. The summed E-state index contributed by atoms with van der Waals surface area (Å²) in [5.41, 5.74) is 3.98. The molecule has 0 aromatic heterocycles. The van der Waals surface area contributed by atoms with Gasteiger partial charge in [-0.1, -0.05) is 54.6 Å². The fourth-order valence-corrected chi connectivity index (χ4v) is 3.66. The lowest BCUT2D eigenvalue weighted by Crippen LogP contribution is -2.23. The number of halogens is 2. The van der Waals surface area contributed by atoms with E-state index in [0.29, 0.717) is 0 Å². The third-order valence-electron chi connectivity index (χ3n) is 3.76. The van der Waals surface area contributed by atoms with E-state index < -0.39 is 0 Å². The van der Waals surface area contributed by atoms with E-state index in [0.717, 1.165) is 13.1 Å². The van der Waals surface area contributed by atoms with E-state index in [1.807, 2.05) is 0 Å². The number of hydrogen-bond acceptors (Lipinski definition) is 1. The first kappa shape index (κ1) is 16.8. The van der Waals surface area contributed by atoms with Crippen LogP contribution in [0.3, 0.4) is 0 Å². The molecular formula is C20H17I2N. The van der Waals surface area contributed by atoms with Gasteiger partial charge in [0.25, 0.3) is 0 Å². The molecule has 0 bridgehead atoms. The fourth-order valence-electron chi connectivity index (χ4n) is 2.54. The average molecular weight is 525 g/mol. The summed E-state index contributed by atoms with van der Waals surface area (Å²) in [5, 5.41) is 0. The molecule has 3 aromatic rings. The quantitative estimate of drug-likeness (QED) is 0.364. The van der Waals surface area contributed by atoms with Gasteiger partial charge >= 0.3 is 0 Å². The van der Waals surface area contributed by atoms with Crippen LogP contribution in [0, 0.1) is 7.14 Å². The summed E-state index contributed by atoms with van der Waals surface area (Å²) in [5.74, 6) is 0. The van der Waals surface area contributed by atoms with Crippen LogP contribution in [0.4, 0.5) is 5.69 Å². The molecule has 116 valence electrons. The molecule has 0 aliphatic heterocycles. The second-order valence-electron chi connectivity index (χ2n) is 5.37. The Kier molecular flexibility index (Phi) is 5.94. The summed E-state index contributed by atoms with van der Waals surface area (Å²) >= 11 is 4.85. The van der Waals surface area contributed by atoms with Crippen molar-refractivity contribution in [2.75, 3.05) is 4.90 Å². The summed E-state index contributed by atoms with van der Waals surface area (Å²) < 4.78 is 2.63. The first-order valence-electron chi connectivity index (χ1n) is 7.51. The maximum Gasteiger partial charge on any atom is 0.0443 e. The van der Waals surface area contributed by atoms with Gasteiger partial charge in [0, 0.05) is 25.9 Å². The fraction of sp³-hybridized carbons (Fsp3) is 0.100. The molecule has 3 aromatic carbocycles. The van der Waals surface area contributed by atoms with Crippen molar-refractivity contribution in [2.24, 2.45) is 0 Å². The molecule has 0 aliphatic rings. The number of rotatable bonds is 5. The van der Waals surface area contributed by atoms with Gasteiger partial charge < -0.3 is 4.90 Å². The van der Waals surface area contributed by atoms with Gasteiger partial charge in [0.2, 0.25) is 0 Å². The lowest BCUT2D eigenvalue weighted by atomic mass is 10.1. The molecule has 3 heteroatoms. The van der Waals surface area contributed by atoms with Crippen LogP contribution < -0.4 is 4.90 Å². The highest BCUT2D eigenvalue weighted by Gasteiger charge is 2.11. The molecule has 0 amide bonds. The molecule has 0 aliphatic carbocycles. The van der Waals surface area contributed by atoms with E-state index in [4.69, 9.17) is 0 Å². The Morgan fingerprint density at radius 1 is 0.565 bits per heavy atom. The Morgan fingerprint density at radius 2 is 1.00 bits per heavy atom. The highest BCUT2D eigenvalue weighted by atomic mass is 127. The molecule has 1 nitrogen and oxygen atoms in total. The van der Waals surface area contributed by atoms with E-state index in [9.17, 15) is 0 Å². The summed E-state index contributed by atoms with van der Waals surface area (Å²) in [4.78, 5) is 2.44. The van der Waals surface area contributed by atoms with Crippen LogP contribution in [-0.2, 0) is 13.1 Å². The average Bonchev–Trinajstić information content (AvgIpc) is 2.59. The van der Waals surface area contributed by atoms with Crippen molar-refractivity contribution in [3.8, 4) is 0 Å². The zero-order chi connectivity index (χ0) is 16.1. The van der Waals surface area contributed by atoms with Crippen molar-refractivity contribution >= 4 is 50.9 Å². The van der Waals surface area contributed by atoms with Gasteiger partial charge in [-0.25, -0.2) is 0 Å². The third-order valence-corrected chi connectivity index (χ3v) is 5.86. The minimum atomic E-state index is 0.911. The molecule has 0 saturated carbocycles. The van der Waals surface area contributed by atoms with Crippen molar-refractivity contribution in [2.45, 2.75) is 13.1 Å². The van der Waals surface area contributed by atoms with Crippen LogP contribution in [0.1, 0.15) is 11.1 Å². The van der Waals surface area contributed by atoms with Crippen molar-refractivity contribution < 1.29 is 0 Å². The molecule has 3 rings (SSSR count). The SMILES string of the molecule is Ic1ccccc1CN(Cc1ccccc1I)c1ccccc1. The van der Waals surface area contributed by atoms with Gasteiger partial charge in [-0.2, -0.15) is 0 Å². The minimum absolute atomic E-state index is 0.911. The first-order valence-corrected chi connectivity index (χ1v) is 9.66. The van der Waals surface area contributed by atoms with E-state index >= 15 is 0 Å². The standard InChI is InChI=1S/C20H17I2N/c21-19-12-6-4-8-16(19)14-23(18-10-2-1-3-11-18)15-17-9-5-7-13-20(17)22/h1-13H,14-15H2. The van der Waals surface area contributed by atoms with Gasteiger partial charge in [0.05, 0.1) is 0 Å². The highest BCUT2D eigenvalue weighted by Crippen LogP contribution is 2.23. The van der Waals surface area contributed by atoms with Crippen molar-refractivity contribution in [1.82, 2.24) is 0 Å². The Labute approximate surface area is 165 Å². The number of anilines is 1. The van der Waals surface area contributed by atoms with Crippen LogP contribution in [-0.4, -0.2) is 0 Å². The monoisotopic (exact) mass is 525 g/mol. The van der Waals surface area contributed by atoms with Crippen LogP contribution in [0.25, 0.3) is 0 Å². The first-order chi connectivity index (χ1) is 11.2. The smallest absolute Gasteiger partial charge is 0.0443 e. The van der Waals surface area contributed by atoms with Crippen molar-refractivity contribution in [3.05, 3.63) is 97.1 Å². The largest absolute Gasteiger partial charge is 0.363 e. The number of nitrogens with zero attached hydrogens (tertiary/aromatic N) is 1. The molecule has 0 heterocycles. The van der Waals surface area contributed by atoms with Gasteiger partial charge in [0.15, 0.2) is 0 Å². The van der Waals surface area contributed by atoms with Crippen LogP contribution in [0.2, 0.25) is 0 Å². The van der Waals surface area contributed by atoms with Gasteiger partial charge in [-0.15, -0.1) is 0 Å². The second kappa shape index (κ2) is 8.15. The van der Waals surface area contributed by atoms with E-state index in [2.05, 4.69) is 129 Å². The molecular weight excluding hydrogens is 508 g/mol. The molecule has 0 atom stereocenters. The molecule has 0 spiro atoms. The summed E-state index contributed by atoms with van der Waals surface area (Å²) in [6, 6.07) is 27.9. The Bertz CT molecular complexity index is 724. The predicted octanol–water partition coefficient (Wildman–Crippen LogP) is 6.10. The number of para-hydroxylation sites is 1. The van der Waals surface area contributed by atoms with Crippen LogP contribution >= 0.6 is 45.2 Å². The molecule has 0 radical (unpaired) electrons. The summed E-state index contributed by atoms with van der Waals surface area (Å²) in [6.45, 7) is 1.82. The second-order valence-corrected chi connectivity index (χ2v) is 7.70.